The highest BCUT2D eigenvalue weighted by Gasteiger charge is 2.21. The summed E-state index contributed by atoms with van der Waals surface area (Å²) in [4.78, 5) is 0. The van der Waals surface area contributed by atoms with Crippen LogP contribution in [-0.4, -0.2) is 22.6 Å². The minimum absolute atomic E-state index is 0.207. The molecule has 2 N–H and O–H groups in total. The number of alkyl halides is 1. The molecule has 0 saturated carbocycles. The first-order valence-corrected chi connectivity index (χ1v) is 4.62. The zero-order chi connectivity index (χ0) is 7.56. The molecule has 3 unspecified atom stereocenters. The third kappa shape index (κ3) is 2.08. The lowest BCUT2D eigenvalue weighted by Crippen LogP contribution is -2.33. The monoisotopic (exact) mass is 273 g/mol. The van der Waals surface area contributed by atoms with Gasteiger partial charge in [-0.15, -0.1) is 11.6 Å². The van der Waals surface area contributed by atoms with Crippen molar-refractivity contribution in [3.63, 3.8) is 0 Å². The Morgan fingerprint density at radius 3 is 2.80 bits per heavy atom. The number of hydrogen-bond acceptors (Lipinski definition) is 2. The molecule has 1 rings (SSSR count). The first-order chi connectivity index (χ1) is 4.74. The molecule has 0 aromatic carbocycles. The Balaban J connectivity index is 2.51. The van der Waals surface area contributed by atoms with Crippen LogP contribution in [0.25, 0.3) is 0 Å². The maximum Gasteiger partial charge on any atom is 0.0776 e. The molecule has 58 valence electrons. The quantitative estimate of drug-likeness (QED) is 0.326. The van der Waals surface area contributed by atoms with Gasteiger partial charge in [0.15, 0.2) is 0 Å². The fourth-order valence-electron chi connectivity index (χ4n) is 0.918. The van der Waals surface area contributed by atoms with Crippen molar-refractivity contribution in [3.8, 4) is 0 Å². The lowest BCUT2D eigenvalue weighted by Gasteiger charge is -2.23. The van der Waals surface area contributed by atoms with Crippen LogP contribution in [0, 0.1) is 0 Å². The molecule has 1 aliphatic rings. The third-order valence-electron chi connectivity index (χ3n) is 1.53. The summed E-state index contributed by atoms with van der Waals surface area (Å²) in [6.45, 7) is 0. The Morgan fingerprint density at radius 1 is 1.60 bits per heavy atom. The number of aliphatic hydroxyl groups is 1. The molecule has 0 amide bonds. The van der Waals surface area contributed by atoms with Crippen LogP contribution in [0.3, 0.4) is 0 Å². The van der Waals surface area contributed by atoms with E-state index in [1.807, 2.05) is 12.2 Å². The largest absolute Gasteiger partial charge is 0.391 e. The molecule has 0 aliphatic heterocycles. The van der Waals surface area contributed by atoms with Gasteiger partial charge in [0.2, 0.25) is 0 Å². The molecule has 0 aromatic rings. The summed E-state index contributed by atoms with van der Waals surface area (Å²) in [7, 11) is 0. The lowest BCUT2D eigenvalue weighted by molar-refractivity contribution is 0.160. The highest BCUT2D eigenvalue weighted by molar-refractivity contribution is 14.1. The van der Waals surface area contributed by atoms with E-state index in [2.05, 4.69) is 26.4 Å². The van der Waals surface area contributed by atoms with Gasteiger partial charge in [0.1, 0.15) is 0 Å². The van der Waals surface area contributed by atoms with Crippen LogP contribution < -0.4 is 3.53 Å². The van der Waals surface area contributed by atoms with Gasteiger partial charge >= 0.3 is 0 Å². The molecule has 2 nitrogen and oxygen atoms in total. The van der Waals surface area contributed by atoms with Crippen molar-refractivity contribution < 1.29 is 5.11 Å². The zero-order valence-corrected chi connectivity index (χ0v) is 8.21. The summed E-state index contributed by atoms with van der Waals surface area (Å²) < 4.78 is 3.02. The van der Waals surface area contributed by atoms with Gasteiger partial charge in [0.25, 0.3) is 0 Å². The van der Waals surface area contributed by atoms with Crippen LogP contribution >= 0.6 is 34.5 Å². The van der Waals surface area contributed by atoms with Crippen molar-refractivity contribution in [2.75, 3.05) is 0 Å². The van der Waals surface area contributed by atoms with Crippen LogP contribution in [0.15, 0.2) is 12.2 Å². The minimum Gasteiger partial charge on any atom is -0.391 e. The molecule has 3 atom stereocenters. The normalized spacial score (nSPS) is 40.1. The molecule has 0 spiro atoms. The number of rotatable bonds is 1. The smallest absolute Gasteiger partial charge is 0.0776 e. The molecule has 1 aliphatic carbocycles. The maximum atomic E-state index is 9.25. The maximum absolute atomic E-state index is 9.25. The van der Waals surface area contributed by atoms with Gasteiger partial charge in [-0.1, -0.05) is 12.2 Å². The van der Waals surface area contributed by atoms with Gasteiger partial charge in [0, 0.05) is 28.9 Å². The number of aliphatic hydroxyl groups excluding tert-OH is 1. The molecular weight excluding hydrogens is 264 g/mol. The predicted octanol–water partition coefficient (Wildman–Crippen LogP) is 1.22. The predicted molar refractivity (Wildman–Crippen MR) is 50.3 cm³/mol. The number of hydrogen-bond donors (Lipinski definition) is 2. The highest BCUT2D eigenvalue weighted by atomic mass is 127. The first kappa shape index (κ1) is 8.77. The standard InChI is InChI=1S/C6H9ClINO/c7-5-2-1-4(9-8)3-6(5)10/h1-2,4-6,9-10H,3H2. The molecule has 0 aromatic heterocycles. The Labute approximate surface area is 79.1 Å². The van der Waals surface area contributed by atoms with Crippen molar-refractivity contribution in [2.24, 2.45) is 0 Å². The molecular formula is C6H9ClINO. The molecule has 0 heterocycles. The first-order valence-electron chi connectivity index (χ1n) is 3.10. The molecule has 0 radical (unpaired) electrons. The van der Waals surface area contributed by atoms with E-state index in [0.29, 0.717) is 6.42 Å². The van der Waals surface area contributed by atoms with Crippen molar-refractivity contribution in [3.05, 3.63) is 12.2 Å². The summed E-state index contributed by atoms with van der Waals surface area (Å²) >= 11 is 7.79. The summed E-state index contributed by atoms with van der Waals surface area (Å²) in [6, 6.07) is 0.269. The average molecular weight is 274 g/mol. The van der Waals surface area contributed by atoms with E-state index in [0.717, 1.165) is 0 Å². The van der Waals surface area contributed by atoms with Crippen LogP contribution in [0.5, 0.6) is 0 Å². The second kappa shape index (κ2) is 3.90. The second-order valence-electron chi connectivity index (χ2n) is 2.35. The lowest BCUT2D eigenvalue weighted by atomic mass is 10.0. The average Bonchev–Trinajstić information content (AvgIpc) is 1.95. The third-order valence-corrected chi connectivity index (χ3v) is 2.77. The minimum atomic E-state index is -0.404. The van der Waals surface area contributed by atoms with Crippen molar-refractivity contribution in [2.45, 2.75) is 23.9 Å². The Bertz CT molecular complexity index is 142. The second-order valence-corrected chi connectivity index (χ2v) is 3.47. The van der Waals surface area contributed by atoms with Crippen LogP contribution in [-0.2, 0) is 0 Å². The molecule has 0 bridgehead atoms. The fourth-order valence-corrected chi connectivity index (χ4v) is 1.57. The van der Waals surface area contributed by atoms with Crippen LogP contribution in [0.4, 0.5) is 0 Å². The number of halogens is 2. The van der Waals surface area contributed by atoms with E-state index in [9.17, 15) is 5.11 Å². The Kier molecular flexibility index (Phi) is 3.42. The topological polar surface area (TPSA) is 32.3 Å². The van der Waals surface area contributed by atoms with E-state index >= 15 is 0 Å². The Morgan fingerprint density at radius 2 is 2.30 bits per heavy atom. The molecule has 0 saturated heterocycles. The highest BCUT2D eigenvalue weighted by Crippen LogP contribution is 2.17. The van der Waals surface area contributed by atoms with E-state index in [-0.39, 0.29) is 11.4 Å². The van der Waals surface area contributed by atoms with E-state index in [4.69, 9.17) is 11.6 Å². The van der Waals surface area contributed by atoms with Crippen LogP contribution in [0.1, 0.15) is 6.42 Å². The van der Waals surface area contributed by atoms with Gasteiger partial charge in [-0.05, 0) is 6.42 Å². The Hall–Kier alpha value is 0.680. The SMILES string of the molecule is OC1CC(NI)C=CC1Cl. The van der Waals surface area contributed by atoms with Crippen molar-refractivity contribution in [1.82, 2.24) is 3.53 Å². The molecule has 4 heteroatoms. The van der Waals surface area contributed by atoms with Crippen molar-refractivity contribution in [1.29, 1.82) is 0 Å². The fraction of sp³-hybridized carbons (Fsp3) is 0.667. The van der Waals surface area contributed by atoms with E-state index in [1.54, 1.807) is 0 Å². The molecule has 0 fully saturated rings. The summed E-state index contributed by atoms with van der Waals surface area (Å²) in [5.74, 6) is 0. The summed E-state index contributed by atoms with van der Waals surface area (Å²) in [5, 5.41) is 9.05. The van der Waals surface area contributed by atoms with Crippen LogP contribution in [0.2, 0.25) is 0 Å². The summed E-state index contributed by atoms with van der Waals surface area (Å²) in [6.07, 6.45) is 4.11. The van der Waals surface area contributed by atoms with Gasteiger partial charge < -0.3 is 5.11 Å². The van der Waals surface area contributed by atoms with E-state index < -0.39 is 6.10 Å². The van der Waals surface area contributed by atoms with E-state index in [1.165, 1.54) is 0 Å². The molecule has 10 heavy (non-hydrogen) atoms. The summed E-state index contributed by atoms with van der Waals surface area (Å²) in [5.41, 5.74) is 0. The zero-order valence-electron chi connectivity index (χ0n) is 5.30. The van der Waals surface area contributed by atoms with Gasteiger partial charge in [0.05, 0.1) is 11.5 Å². The van der Waals surface area contributed by atoms with Gasteiger partial charge in [-0.2, -0.15) is 0 Å². The van der Waals surface area contributed by atoms with Gasteiger partial charge in [-0.25, -0.2) is 0 Å². The van der Waals surface area contributed by atoms with Gasteiger partial charge in [-0.3, -0.25) is 3.53 Å². The number of nitrogens with one attached hydrogen (secondary N) is 1. The van der Waals surface area contributed by atoms with Crippen molar-refractivity contribution >= 4 is 34.5 Å².